The number of hydrogen-bond donors (Lipinski definition) is 0. The molecule has 7 heteroatoms. The van der Waals surface area contributed by atoms with E-state index >= 15 is 0 Å². The predicted octanol–water partition coefficient (Wildman–Crippen LogP) is 3.61. The zero-order valence-electron chi connectivity index (χ0n) is 12.3. The smallest absolute Gasteiger partial charge is 0.261 e. The van der Waals surface area contributed by atoms with Crippen LogP contribution in [0.5, 0.6) is 0 Å². The van der Waals surface area contributed by atoms with E-state index in [9.17, 15) is 9.59 Å². The van der Waals surface area contributed by atoms with Crippen molar-refractivity contribution in [1.29, 1.82) is 0 Å². The molecule has 2 amide bonds. The molecule has 2 aromatic carbocycles. The summed E-state index contributed by atoms with van der Waals surface area (Å²) in [5.74, 6) is -0.592. The summed E-state index contributed by atoms with van der Waals surface area (Å²) in [5, 5.41) is 1.57. The molecule has 4 rings (SSSR count). The summed E-state index contributed by atoms with van der Waals surface area (Å²) in [5.41, 5.74) is 1.78. The first-order valence-corrected chi connectivity index (χ1v) is 7.77. The Morgan fingerprint density at radius 3 is 2.33 bits per heavy atom. The Balaban J connectivity index is 0.00000169. The number of carbonyl (C=O) groups excluding carboxylic acids is 2. The van der Waals surface area contributed by atoms with Crippen LogP contribution in [-0.2, 0) is 6.54 Å². The molecule has 1 aliphatic heterocycles. The number of rotatable bonds is 2. The van der Waals surface area contributed by atoms with Gasteiger partial charge in [0.15, 0.2) is 0 Å². The maximum Gasteiger partial charge on any atom is 0.261 e. The molecule has 0 atom stereocenters. The van der Waals surface area contributed by atoms with E-state index in [0.717, 1.165) is 9.86 Å². The third-order valence-electron chi connectivity index (χ3n) is 3.89. The first-order valence-electron chi connectivity index (χ1n) is 6.98. The van der Waals surface area contributed by atoms with Crippen molar-refractivity contribution in [3.05, 3.63) is 70.2 Å². The minimum Gasteiger partial charge on any atom is -0.270 e. The Hall–Kier alpha value is -2.31. The highest BCUT2D eigenvalue weighted by Crippen LogP contribution is 2.34. The maximum atomic E-state index is 12.8. The second-order valence-corrected chi connectivity index (χ2v) is 6.12. The molecule has 1 aromatic heterocycles. The number of benzene rings is 2. The van der Waals surface area contributed by atoms with E-state index in [1.54, 1.807) is 24.5 Å². The summed E-state index contributed by atoms with van der Waals surface area (Å²) in [6.45, 7) is 0.157. The van der Waals surface area contributed by atoms with E-state index in [0.29, 0.717) is 22.1 Å². The normalized spacial score (nSPS) is 13.1. The molecule has 0 bridgehead atoms. The van der Waals surface area contributed by atoms with Gasteiger partial charge < -0.3 is 0 Å². The first kappa shape index (κ1) is 16.5. The number of hydrogen-bond acceptors (Lipinski definition) is 4. The van der Waals surface area contributed by atoms with Crippen molar-refractivity contribution in [2.24, 2.45) is 0 Å². The summed E-state index contributed by atoms with van der Waals surface area (Å²) in [4.78, 5) is 34.7. The van der Waals surface area contributed by atoms with Gasteiger partial charge in [-0.1, -0.05) is 28.1 Å². The quantitative estimate of drug-likeness (QED) is 0.612. The number of halogens is 2. The van der Waals surface area contributed by atoms with E-state index in [2.05, 4.69) is 25.9 Å². The molecule has 0 N–H and O–H groups in total. The summed E-state index contributed by atoms with van der Waals surface area (Å²) in [6.07, 6.45) is 4.62. The van der Waals surface area contributed by atoms with Crippen LogP contribution in [0, 0.1) is 0 Å². The molecule has 0 aliphatic carbocycles. The Labute approximate surface area is 152 Å². The largest absolute Gasteiger partial charge is 0.270 e. The van der Waals surface area contributed by atoms with Gasteiger partial charge in [0.25, 0.3) is 11.8 Å². The van der Waals surface area contributed by atoms with E-state index in [-0.39, 0.29) is 30.8 Å². The monoisotopic (exact) mass is 403 g/mol. The zero-order chi connectivity index (χ0) is 16.0. The molecular weight excluding hydrogens is 394 g/mol. The molecule has 5 nitrogen and oxygen atoms in total. The average molecular weight is 405 g/mol. The fourth-order valence-electron chi connectivity index (χ4n) is 2.85. The second-order valence-electron chi connectivity index (χ2n) is 5.27. The highest BCUT2D eigenvalue weighted by molar-refractivity contribution is 9.10. The van der Waals surface area contributed by atoms with Crippen LogP contribution in [-0.4, -0.2) is 26.7 Å². The van der Waals surface area contributed by atoms with Crippen LogP contribution in [0.15, 0.2) is 53.5 Å². The fourth-order valence-corrected chi connectivity index (χ4v) is 3.31. The van der Waals surface area contributed by atoms with Gasteiger partial charge in [-0.15, -0.1) is 12.4 Å². The van der Waals surface area contributed by atoms with E-state index < -0.39 is 0 Å². The molecule has 2 heterocycles. The lowest BCUT2D eigenvalue weighted by atomic mass is 9.94. The van der Waals surface area contributed by atoms with Gasteiger partial charge in [-0.2, -0.15) is 0 Å². The van der Waals surface area contributed by atoms with Gasteiger partial charge in [0.05, 0.1) is 6.54 Å². The van der Waals surface area contributed by atoms with E-state index in [1.807, 2.05) is 18.2 Å². The maximum absolute atomic E-state index is 12.8. The van der Waals surface area contributed by atoms with Crippen LogP contribution in [0.2, 0.25) is 0 Å². The van der Waals surface area contributed by atoms with Crippen molar-refractivity contribution >= 4 is 50.9 Å². The van der Waals surface area contributed by atoms with Gasteiger partial charge >= 0.3 is 0 Å². The van der Waals surface area contributed by atoms with Crippen LogP contribution >= 0.6 is 28.3 Å². The van der Waals surface area contributed by atoms with Gasteiger partial charge in [0.2, 0.25) is 0 Å². The minimum absolute atomic E-state index is 0. The Kier molecular flexibility index (Phi) is 4.34. The van der Waals surface area contributed by atoms with Crippen LogP contribution in [0.1, 0.15) is 26.3 Å². The van der Waals surface area contributed by atoms with Crippen molar-refractivity contribution in [3.8, 4) is 0 Å². The van der Waals surface area contributed by atoms with Crippen molar-refractivity contribution in [3.63, 3.8) is 0 Å². The summed E-state index contributed by atoms with van der Waals surface area (Å²) in [6, 6.07) is 9.05. The minimum atomic E-state index is -0.296. The standard InChI is InChI=1S/C17H10BrN3O2.ClH/c18-14-5-4-13-15-11(14)2-1-3-12(15)16(22)21(17(13)23)8-10-6-19-9-20-7-10;/h1-7,9H,8H2;1H. The molecule has 24 heavy (non-hydrogen) atoms. The topological polar surface area (TPSA) is 63.2 Å². The highest BCUT2D eigenvalue weighted by atomic mass is 79.9. The average Bonchev–Trinajstić information content (AvgIpc) is 2.59. The lowest BCUT2D eigenvalue weighted by Gasteiger charge is -2.27. The second kappa shape index (κ2) is 6.30. The highest BCUT2D eigenvalue weighted by Gasteiger charge is 2.33. The fraction of sp³-hybridized carbons (Fsp3) is 0.0588. The Morgan fingerprint density at radius 1 is 0.958 bits per heavy atom. The number of aromatic nitrogens is 2. The van der Waals surface area contributed by atoms with E-state index in [4.69, 9.17) is 0 Å². The molecule has 120 valence electrons. The molecule has 1 aliphatic rings. The van der Waals surface area contributed by atoms with Gasteiger partial charge in [0, 0.05) is 38.9 Å². The SMILES string of the molecule is Cl.O=C1c2cccc3c(Br)ccc(c23)C(=O)N1Cc1cncnc1. The molecular formula is C17H11BrClN3O2. The number of amides is 2. The molecule has 0 saturated heterocycles. The van der Waals surface area contributed by atoms with Crippen molar-refractivity contribution in [2.75, 3.05) is 0 Å². The summed E-state index contributed by atoms with van der Waals surface area (Å²) < 4.78 is 0.864. The van der Waals surface area contributed by atoms with Gasteiger partial charge in [-0.25, -0.2) is 9.97 Å². The third-order valence-corrected chi connectivity index (χ3v) is 4.58. The van der Waals surface area contributed by atoms with Crippen molar-refractivity contribution in [1.82, 2.24) is 14.9 Å². The van der Waals surface area contributed by atoms with Crippen LogP contribution in [0.25, 0.3) is 10.8 Å². The van der Waals surface area contributed by atoms with Gasteiger partial charge in [0.1, 0.15) is 6.33 Å². The predicted molar refractivity (Wildman–Crippen MR) is 95.1 cm³/mol. The van der Waals surface area contributed by atoms with Gasteiger partial charge in [-0.05, 0) is 23.6 Å². The van der Waals surface area contributed by atoms with Gasteiger partial charge in [-0.3, -0.25) is 14.5 Å². The van der Waals surface area contributed by atoms with Crippen LogP contribution < -0.4 is 0 Å². The number of nitrogens with zero attached hydrogens (tertiary/aromatic N) is 3. The van der Waals surface area contributed by atoms with Crippen LogP contribution in [0.3, 0.4) is 0 Å². The lowest BCUT2D eigenvalue weighted by Crippen LogP contribution is -2.39. The van der Waals surface area contributed by atoms with Crippen molar-refractivity contribution in [2.45, 2.75) is 6.54 Å². The molecule has 3 aromatic rings. The Bertz CT molecular complexity index is 940. The zero-order valence-corrected chi connectivity index (χ0v) is 14.7. The Morgan fingerprint density at radius 2 is 1.62 bits per heavy atom. The lowest BCUT2D eigenvalue weighted by molar-refractivity contribution is 0.0598. The third kappa shape index (κ3) is 2.48. The molecule has 0 fully saturated rings. The summed E-state index contributed by atoms with van der Waals surface area (Å²) >= 11 is 3.47. The summed E-state index contributed by atoms with van der Waals surface area (Å²) in [7, 11) is 0. The van der Waals surface area contributed by atoms with Crippen LogP contribution in [0.4, 0.5) is 0 Å². The molecule has 0 spiro atoms. The first-order chi connectivity index (χ1) is 11.2. The number of imide groups is 1. The molecule has 0 unspecified atom stereocenters. The van der Waals surface area contributed by atoms with Crippen molar-refractivity contribution < 1.29 is 9.59 Å². The van der Waals surface area contributed by atoms with E-state index in [1.165, 1.54) is 11.2 Å². The number of carbonyl (C=O) groups is 2. The molecule has 0 radical (unpaired) electrons. The molecule has 0 saturated carbocycles.